The zero-order valence-electron chi connectivity index (χ0n) is 8.83. The second kappa shape index (κ2) is 3.08. The molecule has 0 unspecified atom stereocenters. The topological polar surface area (TPSA) is 41.6 Å². The highest BCUT2D eigenvalue weighted by atomic mass is 14.9. The summed E-state index contributed by atoms with van der Waals surface area (Å²) in [7, 11) is 0. The third-order valence-corrected chi connectivity index (χ3v) is 2.94. The largest absolute Gasteiger partial charge is 0.343 e. The van der Waals surface area contributed by atoms with E-state index in [1.165, 1.54) is 5.56 Å². The summed E-state index contributed by atoms with van der Waals surface area (Å²) >= 11 is 0. The molecule has 74 valence electrons. The molecule has 0 bridgehead atoms. The Morgan fingerprint density at radius 1 is 1.36 bits per heavy atom. The van der Waals surface area contributed by atoms with E-state index in [1.54, 1.807) is 6.33 Å². The van der Waals surface area contributed by atoms with Crippen molar-refractivity contribution in [2.75, 3.05) is 0 Å². The van der Waals surface area contributed by atoms with Crippen molar-refractivity contribution in [2.24, 2.45) is 0 Å². The van der Waals surface area contributed by atoms with Crippen molar-refractivity contribution in [2.45, 2.75) is 32.6 Å². The molecule has 0 atom stereocenters. The van der Waals surface area contributed by atoms with Gasteiger partial charge in [-0.1, -0.05) is 20.8 Å². The molecule has 0 aliphatic heterocycles. The Morgan fingerprint density at radius 3 is 2.86 bits per heavy atom. The summed E-state index contributed by atoms with van der Waals surface area (Å²) in [6.45, 7) is 6.67. The van der Waals surface area contributed by atoms with E-state index < -0.39 is 0 Å². The number of nitrogens with one attached hydrogen (secondary N) is 1. The van der Waals surface area contributed by atoms with Crippen molar-refractivity contribution in [3.63, 3.8) is 0 Å². The number of aromatic amines is 1. The van der Waals surface area contributed by atoms with Crippen LogP contribution in [0.25, 0.3) is 11.2 Å². The lowest BCUT2D eigenvalue weighted by molar-refractivity contribution is 0.509. The van der Waals surface area contributed by atoms with Crippen LogP contribution in [0.3, 0.4) is 0 Å². The maximum absolute atomic E-state index is 4.21. The lowest BCUT2D eigenvalue weighted by Gasteiger charge is -2.23. The zero-order valence-corrected chi connectivity index (χ0v) is 8.83. The van der Waals surface area contributed by atoms with Gasteiger partial charge in [-0.3, -0.25) is 0 Å². The van der Waals surface area contributed by atoms with Gasteiger partial charge in [0.15, 0.2) is 5.65 Å². The first-order chi connectivity index (χ1) is 6.65. The van der Waals surface area contributed by atoms with E-state index in [4.69, 9.17) is 0 Å². The first-order valence-corrected chi connectivity index (χ1v) is 4.93. The van der Waals surface area contributed by atoms with Crippen LogP contribution in [-0.2, 0) is 5.41 Å². The predicted octanol–water partition coefficient (Wildman–Crippen LogP) is 2.65. The van der Waals surface area contributed by atoms with Crippen molar-refractivity contribution >= 4 is 11.2 Å². The van der Waals surface area contributed by atoms with Crippen LogP contribution in [0.15, 0.2) is 18.6 Å². The smallest absolute Gasteiger partial charge is 0.177 e. The molecule has 3 nitrogen and oxygen atoms in total. The van der Waals surface area contributed by atoms with Crippen molar-refractivity contribution in [1.82, 2.24) is 15.0 Å². The molecule has 2 heterocycles. The second-order valence-corrected chi connectivity index (χ2v) is 4.20. The van der Waals surface area contributed by atoms with Crippen LogP contribution in [0.5, 0.6) is 0 Å². The summed E-state index contributed by atoms with van der Waals surface area (Å²) in [6.07, 6.45) is 4.63. The molecule has 0 aromatic carbocycles. The normalized spacial score (nSPS) is 12.2. The lowest BCUT2D eigenvalue weighted by Crippen LogP contribution is -2.16. The third kappa shape index (κ3) is 1.29. The van der Waals surface area contributed by atoms with Gasteiger partial charge in [-0.05, 0) is 23.5 Å². The molecule has 0 amide bonds. The fraction of sp³-hybridized carbons (Fsp3) is 0.455. The number of fused-ring (bicyclic) bond motifs is 1. The molecule has 0 spiro atoms. The molecule has 0 aliphatic carbocycles. The summed E-state index contributed by atoms with van der Waals surface area (Å²) in [5, 5.41) is 0. The number of nitrogens with zero attached hydrogens (tertiary/aromatic N) is 2. The van der Waals surface area contributed by atoms with Gasteiger partial charge in [0.05, 0.1) is 11.8 Å². The molecule has 0 saturated carbocycles. The van der Waals surface area contributed by atoms with Crippen LogP contribution >= 0.6 is 0 Å². The van der Waals surface area contributed by atoms with Crippen molar-refractivity contribution in [1.29, 1.82) is 0 Å². The molecule has 0 saturated heterocycles. The average molecular weight is 189 g/mol. The van der Waals surface area contributed by atoms with E-state index >= 15 is 0 Å². The minimum atomic E-state index is 0.174. The van der Waals surface area contributed by atoms with Crippen molar-refractivity contribution < 1.29 is 0 Å². The fourth-order valence-electron chi connectivity index (χ4n) is 1.60. The van der Waals surface area contributed by atoms with E-state index in [1.807, 2.05) is 6.20 Å². The van der Waals surface area contributed by atoms with Gasteiger partial charge in [-0.15, -0.1) is 0 Å². The van der Waals surface area contributed by atoms with Crippen LogP contribution in [-0.4, -0.2) is 15.0 Å². The Hall–Kier alpha value is -1.38. The highest BCUT2D eigenvalue weighted by molar-refractivity contribution is 5.75. The van der Waals surface area contributed by atoms with Crippen LogP contribution in [0.4, 0.5) is 0 Å². The zero-order chi connectivity index (χ0) is 10.2. The van der Waals surface area contributed by atoms with E-state index in [9.17, 15) is 0 Å². The monoisotopic (exact) mass is 189 g/mol. The van der Waals surface area contributed by atoms with Gasteiger partial charge >= 0.3 is 0 Å². The van der Waals surface area contributed by atoms with Crippen molar-refractivity contribution in [3.8, 4) is 0 Å². The van der Waals surface area contributed by atoms with Gasteiger partial charge in [0, 0.05) is 6.20 Å². The first kappa shape index (κ1) is 9.19. The molecule has 2 aromatic rings. The van der Waals surface area contributed by atoms with E-state index in [0.29, 0.717) is 0 Å². The fourth-order valence-corrected chi connectivity index (χ4v) is 1.60. The third-order valence-electron chi connectivity index (χ3n) is 2.94. The van der Waals surface area contributed by atoms with E-state index in [2.05, 4.69) is 41.8 Å². The number of H-pyrrole nitrogens is 1. The number of rotatable bonds is 2. The summed E-state index contributed by atoms with van der Waals surface area (Å²) in [4.78, 5) is 11.5. The minimum absolute atomic E-state index is 0.174. The second-order valence-electron chi connectivity index (χ2n) is 4.20. The highest BCUT2D eigenvalue weighted by Crippen LogP contribution is 2.30. The quantitative estimate of drug-likeness (QED) is 0.789. The Bertz CT molecular complexity index is 442. The number of aromatic nitrogens is 3. The van der Waals surface area contributed by atoms with Gasteiger partial charge in [-0.2, -0.15) is 0 Å². The Labute approximate surface area is 83.6 Å². The molecule has 0 radical (unpaired) electrons. The maximum atomic E-state index is 4.21. The van der Waals surface area contributed by atoms with Crippen LogP contribution in [0.2, 0.25) is 0 Å². The Balaban J connectivity index is 2.67. The van der Waals surface area contributed by atoms with E-state index in [-0.39, 0.29) is 5.41 Å². The van der Waals surface area contributed by atoms with Gasteiger partial charge in [-0.25, -0.2) is 9.97 Å². The molecule has 2 aromatic heterocycles. The summed E-state index contributed by atoms with van der Waals surface area (Å²) in [5.74, 6) is 0. The van der Waals surface area contributed by atoms with Crippen molar-refractivity contribution in [3.05, 3.63) is 24.2 Å². The predicted molar refractivity (Wildman–Crippen MR) is 57.2 cm³/mol. The minimum Gasteiger partial charge on any atom is -0.343 e. The van der Waals surface area contributed by atoms with Crippen LogP contribution < -0.4 is 0 Å². The van der Waals surface area contributed by atoms with Gasteiger partial charge in [0.1, 0.15) is 0 Å². The molecular weight excluding hydrogens is 174 g/mol. The highest BCUT2D eigenvalue weighted by Gasteiger charge is 2.21. The summed E-state index contributed by atoms with van der Waals surface area (Å²) in [5.41, 5.74) is 3.35. The molecule has 1 N–H and O–H groups in total. The number of hydrogen-bond donors (Lipinski definition) is 1. The summed E-state index contributed by atoms with van der Waals surface area (Å²) in [6, 6.07) is 2.07. The van der Waals surface area contributed by atoms with Gasteiger partial charge < -0.3 is 4.98 Å². The Kier molecular flexibility index (Phi) is 2.02. The molecular formula is C11H15N3. The van der Waals surface area contributed by atoms with E-state index in [0.717, 1.165) is 17.6 Å². The maximum Gasteiger partial charge on any atom is 0.177 e. The molecule has 0 fully saturated rings. The standard InChI is InChI=1S/C11H15N3/c1-4-11(2,3)8-5-6-12-10-9(8)13-7-14-10/h5-7H,4H2,1-3H3,(H,12,13,14). The lowest BCUT2D eigenvalue weighted by atomic mass is 9.82. The first-order valence-electron chi connectivity index (χ1n) is 4.93. The Morgan fingerprint density at radius 2 is 2.14 bits per heavy atom. The van der Waals surface area contributed by atoms with Crippen LogP contribution in [0, 0.1) is 0 Å². The molecule has 14 heavy (non-hydrogen) atoms. The molecule has 0 aliphatic rings. The SMILES string of the molecule is CCC(C)(C)c1ccnc2nc[nH]c12. The molecule has 2 rings (SSSR count). The van der Waals surface area contributed by atoms with Gasteiger partial charge in [0.2, 0.25) is 0 Å². The average Bonchev–Trinajstić information content (AvgIpc) is 2.64. The van der Waals surface area contributed by atoms with Crippen LogP contribution in [0.1, 0.15) is 32.8 Å². The number of pyridine rings is 1. The molecule has 3 heteroatoms. The summed E-state index contributed by atoms with van der Waals surface area (Å²) < 4.78 is 0. The van der Waals surface area contributed by atoms with Gasteiger partial charge in [0.25, 0.3) is 0 Å². The number of hydrogen-bond acceptors (Lipinski definition) is 2. The number of imidazole rings is 1.